The van der Waals surface area contributed by atoms with Crippen LogP contribution in [0, 0.1) is 0 Å². The molecule has 4 heterocycles. The largest absolute Gasteiger partial charge is 0.309 e. The summed E-state index contributed by atoms with van der Waals surface area (Å²) >= 11 is 1.87. The van der Waals surface area contributed by atoms with Gasteiger partial charge in [0.05, 0.1) is 22.1 Å². The number of para-hydroxylation sites is 3. The van der Waals surface area contributed by atoms with Gasteiger partial charge in [0.2, 0.25) is 0 Å². The van der Waals surface area contributed by atoms with Crippen molar-refractivity contribution in [1.82, 2.24) is 19.5 Å². The van der Waals surface area contributed by atoms with Gasteiger partial charge in [0.1, 0.15) is 0 Å². The van der Waals surface area contributed by atoms with E-state index in [2.05, 4.69) is 199 Å². The predicted octanol–water partition coefficient (Wildman–Crippen LogP) is 14.5. The molecule has 11 aromatic rings. The molecular formula is C58H36N4S. The lowest BCUT2D eigenvalue weighted by molar-refractivity contribution is 0.690. The third kappa shape index (κ3) is 5.46. The molecule has 294 valence electrons. The molecule has 2 aliphatic heterocycles. The van der Waals surface area contributed by atoms with Crippen molar-refractivity contribution in [1.29, 1.82) is 0 Å². The first-order valence-electron chi connectivity index (χ1n) is 21.3. The maximum atomic E-state index is 5.16. The van der Waals surface area contributed by atoms with E-state index in [4.69, 9.17) is 15.0 Å². The van der Waals surface area contributed by atoms with Gasteiger partial charge in [-0.15, -0.1) is 0 Å². The molecule has 0 saturated heterocycles. The van der Waals surface area contributed by atoms with Crippen LogP contribution in [0.2, 0.25) is 0 Å². The number of aromatic nitrogens is 4. The van der Waals surface area contributed by atoms with Crippen molar-refractivity contribution in [2.24, 2.45) is 0 Å². The second-order valence-electron chi connectivity index (χ2n) is 16.3. The summed E-state index contributed by atoms with van der Waals surface area (Å²) in [6.07, 6.45) is 0. The van der Waals surface area contributed by atoms with Gasteiger partial charge >= 0.3 is 0 Å². The molecule has 0 saturated carbocycles. The van der Waals surface area contributed by atoms with Crippen molar-refractivity contribution < 1.29 is 0 Å². The molecule has 0 amide bonds. The van der Waals surface area contributed by atoms with E-state index >= 15 is 0 Å². The average molecular weight is 821 g/mol. The topological polar surface area (TPSA) is 43.6 Å². The van der Waals surface area contributed by atoms with Crippen LogP contribution in [0.25, 0.3) is 83.9 Å². The van der Waals surface area contributed by atoms with Crippen LogP contribution in [0.1, 0.15) is 22.3 Å². The number of hydrogen-bond donors (Lipinski definition) is 0. The summed E-state index contributed by atoms with van der Waals surface area (Å²) in [5, 5.41) is 2.54. The molecule has 0 N–H and O–H groups in total. The zero-order valence-corrected chi connectivity index (χ0v) is 34.8. The Morgan fingerprint density at radius 2 is 0.841 bits per heavy atom. The van der Waals surface area contributed by atoms with E-state index < -0.39 is 5.41 Å². The molecule has 1 spiro atoms. The van der Waals surface area contributed by atoms with E-state index in [9.17, 15) is 0 Å². The van der Waals surface area contributed by atoms with Crippen molar-refractivity contribution in [3.63, 3.8) is 0 Å². The highest BCUT2D eigenvalue weighted by molar-refractivity contribution is 7.99. The number of hydrogen-bond acceptors (Lipinski definition) is 4. The smallest absolute Gasteiger partial charge is 0.164 e. The lowest BCUT2D eigenvalue weighted by Gasteiger charge is -2.45. The van der Waals surface area contributed by atoms with Gasteiger partial charge in [0.25, 0.3) is 0 Å². The highest BCUT2D eigenvalue weighted by atomic mass is 32.2. The summed E-state index contributed by atoms with van der Waals surface area (Å²) in [5.74, 6) is 1.91. The van der Waals surface area contributed by atoms with Crippen molar-refractivity contribution in [3.05, 3.63) is 241 Å². The first-order valence-corrected chi connectivity index (χ1v) is 22.2. The normalized spacial score (nSPS) is 14.7. The minimum atomic E-state index is -0.560. The van der Waals surface area contributed by atoms with Gasteiger partial charge in [-0.25, -0.2) is 15.0 Å². The Bertz CT molecular complexity index is 3600. The summed E-state index contributed by atoms with van der Waals surface area (Å²) in [6.45, 7) is 0. The van der Waals surface area contributed by atoms with Gasteiger partial charge in [-0.05, 0) is 80.9 Å². The first-order chi connectivity index (χ1) is 31.2. The molecule has 4 nitrogen and oxygen atoms in total. The van der Waals surface area contributed by atoms with Gasteiger partial charge in [0.15, 0.2) is 17.5 Å². The number of nitrogens with zero attached hydrogens (tertiary/aromatic N) is 4. The Hall–Kier alpha value is -7.86. The molecule has 13 rings (SSSR count). The molecule has 0 bridgehead atoms. The number of fused-ring (bicyclic) bond motifs is 11. The predicted molar refractivity (Wildman–Crippen MR) is 257 cm³/mol. The average Bonchev–Trinajstić information content (AvgIpc) is 3.71. The third-order valence-corrected chi connectivity index (χ3v) is 14.1. The first kappa shape index (κ1) is 35.9. The van der Waals surface area contributed by atoms with Gasteiger partial charge in [-0.2, -0.15) is 0 Å². The lowest BCUT2D eigenvalue weighted by Crippen LogP contribution is -2.37. The van der Waals surface area contributed by atoms with E-state index in [0.29, 0.717) is 17.5 Å². The van der Waals surface area contributed by atoms with Gasteiger partial charge in [-0.3, -0.25) is 0 Å². The molecule has 1 atom stereocenters. The Labute approximate surface area is 369 Å². The molecule has 0 fully saturated rings. The molecule has 0 aliphatic carbocycles. The fourth-order valence-corrected chi connectivity index (χ4v) is 11.3. The Balaban J connectivity index is 0.991. The van der Waals surface area contributed by atoms with E-state index in [-0.39, 0.29) is 0 Å². The number of rotatable bonds is 5. The van der Waals surface area contributed by atoms with E-state index in [1.165, 1.54) is 65.1 Å². The monoisotopic (exact) mass is 820 g/mol. The Morgan fingerprint density at radius 1 is 0.333 bits per heavy atom. The molecule has 2 aromatic heterocycles. The molecule has 5 heteroatoms. The number of benzene rings is 9. The van der Waals surface area contributed by atoms with Crippen molar-refractivity contribution in [2.75, 3.05) is 0 Å². The van der Waals surface area contributed by atoms with E-state index in [1.807, 2.05) is 36.0 Å². The fraction of sp³-hybridized carbons (Fsp3) is 0.0172. The SMILES string of the molecule is c1ccc(-c2ccc(-c3nc(-c4ccccc4)nc(-c4cccc(-c5ccc6c(c5)C5(c7ccccc7S6)c6ccccc6-n6c7ccccc7c7cccc5c76)c4)n3)cc2)cc1. The maximum Gasteiger partial charge on any atom is 0.164 e. The minimum Gasteiger partial charge on any atom is -0.309 e. The quantitative estimate of drug-likeness (QED) is 0.173. The summed E-state index contributed by atoms with van der Waals surface area (Å²) in [7, 11) is 0. The third-order valence-electron chi connectivity index (χ3n) is 12.9. The van der Waals surface area contributed by atoms with E-state index in [1.54, 1.807) is 0 Å². The summed E-state index contributed by atoms with van der Waals surface area (Å²) < 4.78 is 2.50. The van der Waals surface area contributed by atoms with Crippen molar-refractivity contribution in [3.8, 4) is 62.1 Å². The molecule has 63 heavy (non-hydrogen) atoms. The second-order valence-corrected chi connectivity index (χ2v) is 17.4. The van der Waals surface area contributed by atoms with Crippen LogP contribution in [0.4, 0.5) is 0 Å². The molecule has 0 radical (unpaired) electrons. The zero-order valence-electron chi connectivity index (χ0n) is 34.0. The van der Waals surface area contributed by atoms with Crippen molar-refractivity contribution >= 4 is 33.6 Å². The Morgan fingerprint density at radius 3 is 1.65 bits per heavy atom. The minimum absolute atomic E-state index is 0.560. The van der Waals surface area contributed by atoms with Gasteiger partial charge < -0.3 is 4.57 Å². The van der Waals surface area contributed by atoms with E-state index in [0.717, 1.165) is 33.4 Å². The molecule has 9 aromatic carbocycles. The standard InChI is InChI=1S/C58H36N4S/c1-3-15-37(16-4-1)38-29-31-40(32-30-38)56-59-55(39-17-5-2-6-18-39)60-57(61-56)43-20-13-19-41(35-43)42-33-34-53-49(36-42)58(47-24-9-12-28-52(47)63-53)46-23-8-11-27-51(46)62-50-26-10-7-21-44(50)45-22-14-25-48(58)54(45)62/h1-36H. The van der Waals surface area contributed by atoms with Crippen LogP contribution in [0.15, 0.2) is 228 Å². The molecule has 1 unspecified atom stereocenters. The second kappa shape index (κ2) is 14.1. The molecular weight excluding hydrogens is 785 g/mol. The molecule has 2 aliphatic rings. The van der Waals surface area contributed by atoms with Crippen LogP contribution in [0.5, 0.6) is 0 Å². The maximum absolute atomic E-state index is 5.16. The van der Waals surface area contributed by atoms with Crippen LogP contribution in [-0.2, 0) is 5.41 Å². The van der Waals surface area contributed by atoms with Gasteiger partial charge in [-0.1, -0.05) is 194 Å². The van der Waals surface area contributed by atoms with Crippen LogP contribution in [0.3, 0.4) is 0 Å². The summed E-state index contributed by atoms with van der Waals surface area (Å²) in [5.41, 5.74) is 15.7. The fourth-order valence-electron chi connectivity index (χ4n) is 10.1. The Kier molecular flexibility index (Phi) is 8.02. The van der Waals surface area contributed by atoms with Crippen LogP contribution >= 0.6 is 11.8 Å². The summed E-state index contributed by atoms with van der Waals surface area (Å²) in [4.78, 5) is 17.9. The highest BCUT2D eigenvalue weighted by Gasteiger charge is 2.49. The van der Waals surface area contributed by atoms with Gasteiger partial charge in [0, 0.05) is 37.3 Å². The van der Waals surface area contributed by atoms with Crippen LogP contribution in [-0.4, -0.2) is 19.5 Å². The van der Waals surface area contributed by atoms with Crippen LogP contribution < -0.4 is 0 Å². The zero-order chi connectivity index (χ0) is 41.5. The summed E-state index contributed by atoms with van der Waals surface area (Å²) in [6, 6.07) is 78.7. The highest BCUT2D eigenvalue weighted by Crippen LogP contribution is 2.60. The lowest BCUT2D eigenvalue weighted by atomic mass is 9.62. The van der Waals surface area contributed by atoms with Crippen molar-refractivity contribution in [2.45, 2.75) is 15.2 Å².